The van der Waals surface area contributed by atoms with Crippen LogP contribution in [0.5, 0.6) is 5.75 Å². The highest BCUT2D eigenvalue weighted by molar-refractivity contribution is 7.20. The van der Waals surface area contributed by atoms with E-state index in [2.05, 4.69) is 20.4 Å². The molecule has 2 aromatic carbocycles. The lowest BCUT2D eigenvalue weighted by Crippen LogP contribution is -2.01. The minimum atomic E-state index is 0.280. The third-order valence-electron chi connectivity index (χ3n) is 3.79. The number of methoxy groups -OCH3 is 1. The van der Waals surface area contributed by atoms with E-state index in [1.807, 2.05) is 49.4 Å². The Hall–Kier alpha value is -3.13. The zero-order valence-electron chi connectivity index (χ0n) is 13.7. The summed E-state index contributed by atoms with van der Waals surface area (Å²) < 4.78 is 7.88. The number of benzene rings is 2. The summed E-state index contributed by atoms with van der Waals surface area (Å²) in [6.07, 6.45) is 0. The van der Waals surface area contributed by atoms with Crippen molar-refractivity contribution in [3.05, 3.63) is 48.0 Å². The number of nitrogens with zero attached hydrogens (tertiary/aromatic N) is 4. The van der Waals surface area contributed by atoms with E-state index in [4.69, 9.17) is 10.5 Å². The third kappa shape index (κ3) is 2.87. The topological polar surface area (TPSA) is 90.9 Å². The number of nitrogen functional groups attached to an aromatic ring is 1. The molecule has 0 unspecified atom stereocenters. The number of anilines is 3. The third-order valence-corrected chi connectivity index (χ3v) is 4.80. The van der Waals surface area contributed by atoms with Crippen molar-refractivity contribution < 1.29 is 4.74 Å². The first-order chi connectivity index (χ1) is 12.1. The summed E-state index contributed by atoms with van der Waals surface area (Å²) in [4.78, 5) is 8.85. The van der Waals surface area contributed by atoms with Gasteiger partial charge in [-0.1, -0.05) is 29.5 Å². The maximum absolute atomic E-state index is 6.03. The van der Waals surface area contributed by atoms with E-state index < -0.39 is 0 Å². The predicted molar refractivity (Wildman–Crippen MR) is 100.0 cm³/mol. The average Bonchev–Trinajstić information content (AvgIpc) is 3.19. The summed E-state index contributed by atoms with van der Waals surface area (Å²) in [5, 5.41) is 8.31. The van der Waals surface area contributed by atoms with Crippen LogP contribution in [0.1, 0.15) is 5.56 Å². The van der Waals surface area contributed by atoms with Gasteiger partial charge in [0.15, 0.2) is 0 Å². The largest absolute Gasteiger partial charge is 0.497 e. The normalized spacial score (nSPS) is 11.0. The quantitative estimate of drug-likeness (QED) is 0.584. The number of rotatable bonds is 4. The van der Waals surface area contributed by atoms with Gasteiger partial charge in [-0.2, -0.15) is 9.67 Å². The molecule has 0 saturated carbocycles. The van der Waals surface area contributed by atoms with Crippen LogP contribution in [0.4, 0.5) is 17.6 Å². The van der Waals surface area contributed by atoms with Crippen LogP contribution in [0, 0.1) is 6.92 Å². The molecule has 2 aromatic heterocycles. The molecule has 0 atom stereocenters. The maximum atomic E-state index is 6.03. The molecule has 25 heavy (non-hydrogen) atoms. The number of ether oxygens (including phenoxy) is 1. The van der Waals surface area contributed by atoms with Gasteiger partial charge in [0.1, 0.15) is 5.75 Å². The van der Waals surface area contributed by atoms with Crippen molar-refractivity contribution in [2.45, 2.75) is 6.92 Å². The Morgan fingerprint density at radius 3 is 2.80 bits per heavy atom. The lowest BCUT2D eigenvalue weighted by molar-refractivity contribution is 0.415. The van der Waals surface area contributed by atoms with E-state index in [1.165, 1.54) is 11.3 Å². The van der Waals surface area contributed by atoms with Crippen LogP contribution in [0.2, 0.25) is 0 Å². The first-order valence-electron chi connectivity index (χ1n) is 7.64. The molecule has 0 radical (unpaired) electrons. The van der Waals surface area contributed by atoms with E-state index in [9.17, 15) is 0 Å². The highest BCUT2D eigenvalue weighted by atomic mass is 32.1. The highest BCUT2D eigenvalue weighted by Gasteiger charge is 2.14. The van der Waals surface area contributed by atoms with Crippen LogP contribution in [0.3, 0.4) is 0 Å². The zero-order chi connectivity index (χ0) is 17.4. The molecule has 0 fully saturated rings. The predicted octanol–water partition coefficient (Wildman–Crippen LogP) is 3.52. The Labute approximate surface area is 148 Å². The second kappa shape index (κ2) is 6.06. The SMILES string of the molecule is COc1ccc(C)c(Nc2nc(N)n(-c3nc4ccccc4s3)n2)c1. The highest BCUT2D eigenvalue weighted by Crippen LogP contribution is 2.28. The fourth-order valence-electron chi connectivity index (χ4n) is 2.45. The first kappa shape index (κ1) is 15.4. The molecule has 0 aliphatic rings. The average molecular weight is 352 g/mol. The van der Waals surface area contributed by atoms with Gasteiger partial charge in [-0.3, -0.25) is 0 Å². The molecule has 126 valence electrons. The molecule has 0 bridgehead atoms. The molecule has 0 aliphatic carbocycles. The number of para-hydroxylation sites is 1. The molecule has 3 N–H and O–H groups in total. The molecule has 0 saturated heterocycles. The summed E-state index contributed by atoms with van der Waals surface area (Å²) in [6, 6.07) is 13.7. The maximum Gasteiger partial charge on any atom is 0.248 e. The van der Waals surface area contributed by atoms with E-state index >= 15 is 0 Å². The van der Waals surface area contributed by atoms with Crippen LogP contribution < -0.4 is 15.8 Å². The Kier molecular flexibility index (Phi) is 3.73. The smallest absolute Gasteiger partial charge is 0.248 e. The van der Waals surface area contributed by atoms with Crippen molar-refractivity contribution in [1.82, 2.24) is 19.7 Å². The van der Waals surface area contributed by atoms with Crippen LogP contribution >= 0.6 is 11.3 Å². The van der Waals surface area contributed by atoms with Gasteiger partial charge in [-0.15, -0.1) is 5.10 Å². The fraction of sp³-hybridized carbons (Fsp3) is 0.118. The first-order valence-corrected chi connectivity index (χ1v) is 8.46. The number of thiazole rings is 1. The van der Waals surface area contributed by atoms with Crippen molar-refractivity contribution >= 4 is 39.1 Å². The Morgan fingerprint density at radius 2 is 2.00 bits per heavy atom. The Bertz CT molecular complexity index is 1020. The van der Waals surface area contributed by atoms with Gasteiger partial charge in [0, 0.05) is 11.8 Å². The van der Waals surface area contributed by atoms with Gasteiger partial charge in [-0.25, -0.2) is 4.98 Å². The monoisotopic (exact) mass is 352 g/mol. The molecule has 7 nitrogen and oxygen atoms in total. The second-order valence-corrected chi connectivity index (χ2v) is 6.48. The lowest BCUT2D eigenvalue weighted by atomic mass is 10.2. The fourth-order valence-corrected chi connectivity index (χ4v) is 3.38. The number of aryl methyl sites for hydroxylation is 1. The van der Waals surface area contributed by atoms with Crippen LogP contribution in [0.15, 0.2) is 42.5 Å². The minimum Gasteiger partial charge on any atom is -0.497 e. The molecule has 0 aliphatic heterocycles. The standard InChI is InChI=1S/C17H16N6OS/c1-10-7-8-11(24-2)9-13(10)19-16-21-15(18)23(22-16)17-20-12-5-3-4-6-14(12)25-17/h3-9H,1-2H3,(H3,18,19,21,22). The molecular formula is C17H16N6OS. The molecule has 0 spiro atoms. The molecule has 0 amide bonds. The van der Waals surface area contributed by atoms with Crippen molar-refractivity contribution in [2.75, 3.05) is 18.2 Å². The second-order valence-electron chi connectivity index (χ2n) is 5.48. The number of fused-ring (bicyclic) bond motifs is 1. The molecule has 4 rings (SSSR count). The molecular weight excluding hydrogens is 336 g/mol. The van der Waals surface area contributed by atoms with E-state index in [0.717, 1.165) is 27.2 Å². The van der Waals surface area contributed by atoms with Gasteiger partial charge in [-0.05, 0) is 30.7 Å². The summed E-state index contributed by atoms with van der Waals surface area (Å²) >= 11 is 1.51. The van der Waals surface area contributed by atoms with Crippen LogP contribution in [0.25, 0.3) is 15.3 Å². The van der Waals surface area contributed by atoms with E-state index in [1.54, 1.807) is 11.8 Å². The number of hydrogen-bond donors (Lipinski definition) is 2. The minimum absolute atomic E-state index is 0.280. The summed E-state index contributed by atoms with van der Waals surface area (Å²) in [6.45, 7) is 2.00. The zero-order valence-corrected chi connectivity index (χ0v) is 14.5. The summed E-state index contributed by atoms with van der Waals surface area (Å²) in [5.41, 5.74) is 8.86. The molecule has 4 aromatic rings. The van der Waals surface area contributed by atoms with Gasteiger partial charge < -0.3 is 15.8 Å². The Balaban J connectivity index is 1.68. The van der Waals surface area contributed by atoms with Gasteiger partial charge in [0.05, 0.1) is 17.3 Å². The summed E-state index contributed by atoms with van der Waals surface area (Å²) in [7, 11) is 1.63. The van der Waals surface area contributed by atoms with Crippen LogP contribution in [-0.4, -0.2) is 26.9 Å². The van der Waals surface area contributed by atoms with Gasteiger partial charge in [0.25, 0.3) is 0 Å². The Morgan fingerprint density at radius 1 is 1.16 bits per heavy atom. The van der Waals surface area contributed by atoms with Crippen molar-refractivity contribution in [2.24, 2.45) is 0 Å². The number of nitrogens with one attached hydrogen (secondary N) is 1. The number of hydrogen-bond acceptors (Lipinski definition) is 7. The number of aromatic nitrogens is 4. The lowest BCUT2D eigenvalue weighted by Gasteiger charge is -2.08. The number of nitrogens with two attached hydrogens (primary N) is 1. The van der Waals surface area contributed by atoms with Crippen molar-refractivity contribution in [3.8, 4) is 10.9 Å². The van der Waals surface area contributed by atoms with E-state index in [-0.39, 0.29) is 5.95 Å². The summed E-state index contributed by atoms with van der Waals surface area (Å²) in [5.74, 6) is 1.45. The molecule has 2 heterocycles. The van der Waals surface area contributed by atoms with Gasteiger partial charge in [0.2, 0.25) is 17.0 Å². The van der Waals surface area contributed by atoms with E-state index in [0.29, 0.717) is 11.1 Å². The molecule has 8 heteroatoms. The van der Waals surface area contributed by atoms with Crippen LogP contribution in [-0.2, 0) is 0 Å². The van der Waals surface area contributed by atoms with Gasteiger partial charge >= 0.3 is 0 Å². The van der Waals surface area contributed by atoms with Crippen molar-refractivity contribution in [1.29, 1.82) is 0 Å². The van der Waals surface area contributed by atoms with Crippen molar-refractivity contribution in [3.63, 3.8) is 0 Å².